The predicted octanol–water partition coefficient (Wildman–Crippen LogP) is 3.38. The molecule has 1 rings (SSSR count). The Balaban J connectivity index is 2.38. The van der Waals surface area contributed by atoms with Crippen molar-refractivity contribution in [3.05, 3.63) is 35.9 Å². The lowest BCUT2D eigenvalue weighted by molar-refractivity contribution is 0.418. The van der Waals surface area contributed by atoms with Gasteiger partial charge in [-0.1, -0.05) is 57.0 Å². The van der Waals surface area contributed by atoms with Crippen LogP contribution in [0.15, 0.2) is 30.3 Å². The minimum Gasteiger partial charge on any atom is -0.327 e. The van der Waals surface area contributed by atoms with E-state index in [9.17, 15) is 0 Å². The Bertz CT molecular complexity index is 255. The maximum Gasteiger partial charge on any atom is 0.00676 e. The predicted molar refractivity (Wildman–Crippen MR) is 66.8 cm³/mol. The number of unbranched alkanes of at least 4 members (excludes halogenated alkanes) is 1. The van der Waals surface area contributed by atoms with Gasteiger partial charge < -0.3 is 5.73 Å². The molecule has 0 aliphatic rings. The van der Waals surface area contributed by atoms with Crippen molar-refractivity contribution in [3.63, 3.8) is 0 Å². The van der Waals surface area contributed by atoms with Gasteiger partial charge in [-0.3, -0.25) is 0 Å². The summed E-state index contributed by atoms with van der Waals surface area (Å²) in [4.78, 5) is 0. The summed E-state index contributed by atoms with van der Waals surface area (Å²) in [6.45, 7) is 4.47. The highest BCUT2D eigenvalue weighted by Gasteiger charge is 2.12. The van der Waals surface area contributed by atoms with Crippen molar-refractivity contribution in [1.82, 2.24) is 0 Å². The van der Waals surface area contributed by atoms with E-state index in [1.165, 1.54) is 18.4 Å². The second kappa shape index (κ2) is 6.62. The van der Waals surface area contributed by atoms with E-state index in [2.05, 4.69) is 44.2 Å². The van der Waals surface area contributed by atoms with Crippen LogP contribution in [0.25, 0.3) is 0 Å². The molecule has 2 atom stereocenters. The SMILES string of the molecule is CCCC[C@@H](N)[C@@H](C)Cc1ccccc1. The Morgan fingerprint density at radius 1 is 1.20 bits per heavy atom. The van der Waals surface area contributed by atoms with Crippen molar-refractivity contribution >= 4 is 0 Å². The van der Waals surface area contributed by atoms with Gasteiger partial charge in [0.05, 0.1) is 0 Å². The lowest BCUT2D eigenvalue weighted by Gasteiger charge is -2.19. The van der Waals surface area contributed by atoms with Gasteiger partial charge in [-0.15, -0.1) is 0 Å². The Morgan fingerprint density at radius 2 is 1.87 bits per heavy atom. The molecule has 0 saturated carbocycles. The molecule has 0 heterocycles. The highest BCUT2D eigenvalue weighted by atomic mass is 14.6. The summed E-state index contributed by atoms with van der Waals surface area (Å²) in [5.74, 6) is 0.582. The Labute approximate surface area is 93.7 Å². The summed E-state index contributed by atoms with van der Waals surface area (Å²) in [5, 5.41) is 0. The molecule has 1 nitrogen and oxygen atoms in total. The third-order valence-corrected chi connectivity index (χ3v) is 3.02. The van der Waals surface area contributed by atoms with Crippen molar-refractivity contribution in [2.24, 2.45) is 11.7 Å². The summed E-state index contributed by atoms with van der Waals surface area (Å²) in [6, 6.07) is 11.0. The molecule has 0 bridgehead atoms. The van der Waals surface area contributed by atoms with Gasteiger partial charge in [0.1, 0.15) is 0 Å². The normalized spacial score (nSPS) is 14.9. The average Bonchev–Trinajstić information content (AvgIpc) is 2.27. The van der Waals surface area contributed by atoms with Gasteiger partial charge in [-0.2, -0.15) is 0 Å². The van der Waals surface area contributed by atoms with Crippen molar-refractivity contribution < 1.29 is 0 Å². The lowest BCUT2D eigenvalue weighted by atomic mass is 9.91. The fraction of sp³-hybridized carbons (Fsp3) is 0.571. The molecule has 0 radical (unpaired) electrons. The highest BCUT2D eigenvalue weighted by Crippen LogP contribution is 2.14. The number of hydrogen-bond acceptors (Lipinski definition) is 1. The van der Waals surface area contributed by atoms with Gasteiger partial charge >= 0.3 is 0 Å². The molecule has 0 unspecified atom stereocenters. The molecule has 0 fully saturated rings. The minimum atomic E-state index is 0.352. The maximum atomic E-state index is 6.15. The second-order valence-corrected chi connectivity index (χ2v) is 4.47. The number of benzene rings is 1. The van der Waals surface area contributed by atoms with E-state index < -0.39 is 0 Å². The number of rotatable bonds is 6. The van der Waals surface area contributed by atoms with Crippen LogP contribution in [0.1, 0.15) is 38.7 Å². The van der Waals surface area contributed by atoms with Crippen LogP contribution in [0.3, 0.4) is 0 Å². The molecule has 0 aliphatic heterocycles. The third kappa shape index (κ3) is 4.48. The zero-order valence-electron chi connectivity index (χ0n) is 9.95. The van der Waals surface area contributed by atoms with Gasteiger partial charge in [-0.05, 0) is 24.3 Å². The van der Waals surface area contributed by atoms with Crippen LogP contribution in [-0.4, -0.2) is 6.04 Å². The molecule has 84 valence electrons. The topological polar surface area (TPSA) is 26.0 Å². The molecule has 1 aromatic rings. The molecule has 1 aromatic carbocycles. The van der Waals surface area contributed by atoms with Crippen LogP contribution >= 0.6 is 0 Å². The smallest absolute Gasteiger partial charge is 0.00676 e. The van der Waals surface area contributed by atoms with Gasteiger partial charge in [0.15, 0.2) is 0 Å². The molecule has 15 heavy (non-hydrogen) atoms. The first-order chi connectivity index (χ1) is 7.24. The molecule has 0 spiro atoms. The Morgan fingerprint density at radius 3 is 2.47 bits per heavy atom. The van der Waals surface area contributed by atoms with Crippen LogP contribution in [0.4, 0.5) is 0 Å². The van der Waals surface area contributed by atoms with Crippen LogP contribution in [0.2, 0.25) is 0 Å². The van der Waals surface area contributed by atoms with E-state index in [1.807, 2.05) is 0 Å². The quantitative estimate of drug-likeness (QED) is 0.757. The summed E-state index contributed by atoms with van der Waals surface area (Å²) < 4.78 is 0. The maximum absolute atomic E-state index is 6.15. The summed E-state index contributed by atoms with van der Waals surface area (Å²) in [6.07, 6.45) is 4.75. The molecule has 1 heteroatoms. The molecule has 0 aliphatic carbocycles. The second-order valence-electron chi connectivity index (χ2n) is 4.47. The minimum absolute atomic E-state index is 0.352. The zero-order valence-corrected chi connectivity index (χ0v) is 9.95. The fourth-order valence-corrected chi connectivity index (χ4v) is 1.86. The number of nitrogens with two attached hydrogens (primary N) is 1. The molecule has 2 N–H and O–H groups in total. The molecular formula is C14H23N. The Hall–Kier alpha value is -0.820. The summed E-state index contributed by atoms with van der Waals surface area (Å²) in [5.41, 5.74) is 7.55. The van der Waals surface area contributed by atoms with Crippen molar-refractivity contribution in [1.29, 1.82) is 0 Å². The van der Waals surface area contributed by atoms with Gasteiger partial charge in [0.25, 0.3) is 0 Å². The first kappa shape index (κ1) is 12.3. The summed E-state index contributed by atoms with van der Waals surface area (Å²) in [7, 11) is 0. The van der Waals surface area contributed by atoms with Crippen molar-refractivity contribution in [2.45, 2.75) is 45.6 Å². The van der Waals surface area contributed by atoms with Crippen molar-refractivity contribution in [3.8, 4) is 0 Å². The monoisotopic (exact) mass is 205 g/mol. The zero-order chi connectivity index (χ0) is 11.1. The van der Waals surface area contributed by atoms with E-state index in [0.717, 1.165) is 12.8 Å². The first-order valence-electron chi connectivity index (χ1n) is 6.03. The average molecular weight is 205 g/mol. The van der Waals surface area contributed by atoms with Gasteiger partial charge in [-0.25, -0.2) is 0 Å². The Kier molecular flexibility index (Phi) is 5.41. The van der Waals surface area contributed by atoms with E-state index in [4.69, 9.17) is 5.73 Å². The standard InChI is InChI=1S/C14H23N/c1-3-4-10-14(15)12(2)11-13-8-6-5-7-9-13/h5-9,12,14H,3-4,10-11,15H2,1-2H3/t12-,14+/m0/s1. The first-order valence-corrected chi connectivity index (χ1v) is 6.03. The fourth-order valence-electron chi connectivity index (χ4n) is 1.86. The van der Waals surface area contributed by atoms with Gasteiger partial charge in [0.2, 0.25) is 0 Å². The van der Waals surface area contributed by atoms with Crippen LogP contribution in [-0.2, 0) is 6.42 Å². The molecule has 0 saturated heterocycles. The van der Waals surface area contributed by atoms with E-state index in [1.54, 1.807) is 0 Å². The lowest BCUT2D eigenvalue weighted by Crippen LogP contribution is -2.29. The van der Waals surface area contributed by atoms with E-state index in [-0.39, 0.29) is 0 Å². The van der Waals surface area contributed by atoms with Crippen molar-refractivity contribution in [2.75, 3.05) is 0 Å². The van der Waals surface area contributed by atoms with Gasteiger partial charge in [0, 0.05) is 6.04 Å². The highest BCUT2D eigenvalue weighted by molar-refractivity contribution is 5.15. The van der Waals surface area contributed by atoms with Crippen LogP contribution in [0.5, 0.6) is 0 Å². The summed E-state index contributed by atoms with van der Waals surface area (Å²) >= 11 is 0. The third-order valence-electron chi connectivity index (χ3n) is 3.02. The van der Waals surface area contributed by atoms with E-state index >= 15 is 0 Å². The largest absolute Gasteiger partial charge is 0.327 e. The number of hydrogen-bond donors (Lipinski definition) is 1. The molecule has 0 amide bonds. The van der Waals surface area contributed by atoms with E-state index in [0.29, 0.717) is 12.0 Å². The molecule has 0 aromatic heterocycles. The van der Waals surface area contributed by atoms with Crippen LogP contribution < -0.4 is 5.73 Å². The van der Waals surface area contributed by atoms with Crippen LogP contribution in [0, 0.1) is 5.92 Å². The molecular weight excluding hydrogens is 182 g/mol.